The monoisotopic (exact) mass is 417 g/mol. The maximum absolute atomic E-state index is 13.2. The van der Waals surface area contributed by atoms with Crippen LogP contribution in [0.4, 0.5) is 18.0 Å². The molecule has 0 aromatic rings. The molecule has 0 bridgehead atoms. The number of carbonyl (C=O) groups is 3. The Morgan fingerprint density at radius 3 is 2.46 bits per heavy atom. The van der Waals surface area contributed by atoms with Crippen molar-refractivity contribution in [1.29, 1.82) is 0 Å². The number of esters is 1. The number of amides is 2. The smallest absolute Gasteiger partial charge is 0.417 e. The van der Waals surface area contributed by atoms with Gasteiger partial charge in [0.15, 0.2) is 0 Å². The first-order valence-corrected chi connectivity index (χ1v) is 8.28. The molecule has 10 heteroatoms. The van der Waals surface area contributed by atoms with Crippen molar-refractivity contribution in [2.24, 2.45) is 11.8 Å². The first kappa shape index (κ1) is 20.7. The summed E-state index contributed by atoms with van der Waals surface area (Å²) in [6.45, 7) is 4.76. The second-order valence-corrected chi connectivity index (χ2v) is 6.64. The number of hydrogen-bond acceptors (Lipinski definition) is 5. The number of cyclic esters (lactones) is 1. The molecule has 0 aromatic carbocycles. The third-order valence-corrected chi connectivity index (χ3v) is 4.64. The van der Waals surface area contributed by atoms with E-state index in [9.17, 15) is 27.6 Å². The van der Waals surface area contributed by atoms with Crippen molar-refractivity contribution in [2.75, 3.05) is 13.2 Å². The summed E-state index contributed by atoms with van der Waals surface area (Å²) in [5.41, 5.74) is 0. The average molecular weight is 418 g/mol. The van der Waals surface area contributed by atoms with E-state index in [0.29, 0.717) is 4.90 Å². The molecule has 2 amide bonds. The molecule has 0 aliphatic carbocycles. The number of halogens is 4. The van der Waals surface area contributed by atoms with Crippen LogP contribution in [-0.4, -0.2) is 53.1 Å². The molecule has 1 aliphatic heterocycles. The van der Waals surface area contributed by atoms with Gasteiger partial charge in [0.1, 0.15) is 11.4 Å². The molecule has 24 heavy (non-hydrogen) atoms. The van der Waals surface area contributed by atoms with E-state index in [1.54, 1.807) is 13.8 Å². The lowest BCUT2D eigenvalue weighted by molar-refractivity contribution is -0.186. The Labute approximate surface area is 145 Å². The minimum Gasteiger partial charge on any atom is -0.466 e. The first-order chi connectivity index (χ1) is 11.0. The first-order valence-electron chi connectivity index (χ1n) is 7.36. The molecule has 0 unspecified atom stereocenters. The molecule has 1 saturated heterocycles. The predicted molar refractivity (Wildman–Crippen MR) is 80.3 cm³/mol. The van der Waals surface area contributed by atoms with Crippen molar-refractivity contribution in [3.05, 3.63) is 0 Å². The second-order valence-electron chi connectivity index (χ2n) is 5.66. The second kappa shape index (κ2) is 8.17. The predicted octanol–water partition coefficient (Wildman–Crippen LogP) is 2.89. The number of rotatable bonds is 6. The van der Waals surface area contributed by atoms with E-state index < -0.39 is 47.4 Å². The molecule has 0 N–H and O–H groups in total. The number of ether oxygens (including phenoxy) is 2. The number of alkyl halides is 4. The van der Waals surface area contributed by atoms with Crippen LogP contribution in [0, 0.1) is 11.8 Å². The molecule has 0 aromatic heterocycles. The Morgan fingerprint density at radius 1 is 1.42 bits per heavy atom. The number of hydrogen-bond donors (Lipinski definition) is 0. The van der Waals surface area contributed by atoms with Crippen molar-refractivity contribution in [3.8, 4) is 0 Å². The van der Waals surface area contributed by atoms with Gasteiger partial charge in [-0.25, -0.2) is 9.69 Å². The highest BCUT2D eigenvalue weighted by molar-refractivity contribution is 9.10. The minimum atomic E-state index is -4.83. The van der Waals surface area contributed by atoms with Gasteiger partial charge in [-0.1, -0.05) is 29.8 Å². The fraction of sp³-hybridized carbons (Fsp3) is 0.786. The van der Waals surface area contributed by atoms with E-state index in [2.05, 4.69) is 20.7 Å². The number of imide groups is 1. The average Bonchev–Trinajstić information content (AvgIpc) is 2.84. The van der Waals surface area contributed by atoms with Gasteiger partial charge < -0.3 is 9.47 Å². The van der Waals surface area contributed by atoms with Gasteiger partial charge in [0, 0.05) is 0 Å². The highest BCUT2D eigenvalue weighted by Gasteiger charge is 2.51. The summed E-state index contributed by atoms with van der Waals surface area (Å²) >= 11 is 2.71. The Balaban J connectivity index is 3.00. The van der Waals surface area contributed by atoms with Crippen LogP contribution in [0.5, 0.6) is 0 Å². The molecule has 6 nitrogen and oxygen atoms in total. The topological polar surface area (TPSA) is 72.9 Å². The normalized spacial score (nSPS) is 20.8. The van der Waals surface area contributed by atoms with E-state index in [4.69, 9.17) is 4.74 Å². The van der Waals surface area contributed by atoms with E-state index in [-0.39, 0.29) is 19.1 Å². The van der Waals surface area contributed by atoms with Gasteiger partial charge >= 0.3 is 18.2 Å². The zero-order chi connectivity index (χ0) is 18.7. The van der Waals surface area contributed by atoms with Gasteiger partial charge in [-0.05, 0) is 12.8 Å². The van der Waals surface area contributed by atoms with Crippen molar-refractivity contribution < 1.29 is 37.0 Å². The largest absolute Gasteiger partial charge is 0.466 e. The van der Waals surface area contributed by atoms with Crippen LogP contribution < -0.4 is 0 Å². The summed E-state index contributed by atoms with van der Waals surface area (Å²) in [6.07, 6.45) is -6.83. The van der Waals surface area contributed by atoms with Crippen molar-refractivity contribution in [3.63, 3.8) is 0 Å². The summed E-state index contributed by atoms with van der Waals surface area (Å²) < 4.78 is 49.0. The molecule has 138 valence electrons. The molecule has 1 rings (SSSR count). The van der Waals surface area contributed by atoms with Crippen molar-refractivity contribution >= 4 is 33.9 Å². The SMILES string of the molecule is CCOC(=O)C[C@@H]([C@H](Br)C(=O)N1C(=O)OC[C@@H]1C(C)C)C(F)(F)F. The molecule has 0 radical (unpaired) electrons. The van der Waals surface area contributed by atoms with Crippen LogP contribution in [-0.2, 0) is 19.1 Å². The molecule has 0 saturated carbocycles. The maximum atomic E-state index is 13.2. The minimum absolute atomic E-state index is 0.0712. The summed E-state index contributed by atoms with van der Waals surface area (Å²) in [5.74, 6) is -4.65. The Hall–Kier alpha value is -1.32. The summed E-state index contributed by atoms with van der Waals surface area (Å²) in [7, 11) is 0. The van der Waals surface area contributed by atoms with Crippen molar-refractivity contribution in [2.45, 2.75) is 44.2 Å². The number of carbonyl (C=O) groups excluding carboxylic acids is 3. The lowest BCUT2D eigenvalue weighted by atomic mass is 9.98. The summed E-state index contributed by atoms with van der Waals surface area (Å²) in [4.78, 5) is 34.5. The van der Waals surface area contributed by atoms with Crippen LogP contribution >= 0.6 is 15.9 Å². The van der Waals surface area contributed by atoms with E-state index in [1.165, 1.54) is 6.92 Å². The highest BCUT2D eigenvalue weighted by Crippen LogP contribution is 2.37. The Kier molecular flexibility index (Phi) is 7.06. The molecular weight excluding hydrogens is 399 g/mol. The van der Waals surface area contributed by atoms with Gasteiger partial charge in [-0.15, -0.1) is 0 Å². The van der Waals surface area contributed by atoms with Gasteiger partial charge in [0.2, 0.25) is 5.91 Å². The molecule has 1 fully saturated rings. The quantitative estimate of drug-likeness (QED) is 0.490. The third-order valence-electron chi connectivity index (χ3n) is 3.61. The number of nitrogens with zero attached hydrogens (tertiary/aromatic N) is 1. The van der Waals surface area contributed by atoms with Gasteiger partial charge in [-0.2, -0.15) is 13.2 Å². The molecule has 1 heterocycles. The van der Waals surface area contributed by atoms with Crippen LogP contribution in [0.15, 0.2) is 0 Å². The zero-order valence-electron chi connectivity index (χ0n) is 13.4. The maximum Gasteiger partial charge on any atom is 0.417 e. The Morgan fingerprint density at radius 2 is 2.00 bits per heavy atom. The van der Waals surface area contributed by atoms with Gasteiger partial charge in [-0.3, -0.25) is 9.59 Å². The van der Waals surface area contributed by atoms with Crippen LogP contribution in [0.1, 0.15) is 27.2 Å². The lowest BCUT2D eigenvalue weighted by Crippen LogP contribution is -2.49. The van der Waals surface area contributed by atoms with Crippen LogP contribution in [0.2, 0.25) is 0 Å². The van der Waals surface area contributed by atoms with E-state index in [0.717, 1.165) is 0 Å². The lowest BCUT2D eigenvalue weighted by Gasteiger charge is -2.29. The van der Waals surface area contributed by atoms with Crippen LogP contribution in [0.3, 0.4) is 0 Å². The summed E-state index contributed by atoms with van der Waals surface area (Å²) in [5, 5.41) is 0. The molecule has 1 aliphatic rings. The molecular formula is C14H19BrF3NO5. The Bertz CT molecular complexity index is 497. The fourth-order valence-corrected chi connectivity index (χ4v) is 2.98. The molecule has 3 atom stereocenters. The highest BCUT2D eigenvalue weighted by atomic mass is 79.9. The van der Waals surface area contributed by atoms with Gasteiger partial charge in [0.05, 0.1) is 25.0 Å². The van der Waals surface area contributed by atoms with E-state index in [1.807, 2.05) is 0 Å². The van der Waals surface area contributed by atoms with Gasteiger partial charge in [0.25, 0.3) is 0 Å². The third kappa shape index (κ3) is 4.84. The van der Waals surface area contributed by atoms with E-state index >= 15 is 0 Å². The fourth-order valence-electron chi connectivity index (χ4n) is 2.27. The zero-order valence-corrected chi connectivity index (χ0v) is 15.0. The van der Waals surface area contributed by atoms with Crippen LogP contribution in [0.25, 0.3) is 0 Å². The summed E-state index contributed by atoms with van der Waals surface area (Å²) in [6, 6.07) is -0.651. The molecule has 0 spiro atoms. The standard InChI is InChI=1S/C14H19BrF3NO5/c1-4-23-10(20)5-8(14(16,17)18)11(15)12(21)19-9(7(2)3)6-24-13(19)22/h7-9,11H,4-6H2,1-3H3/t8-,9+,11-/m0/s1. The van der Waals surface area contributed by atoms with Crippen molar-refractivity contribution in [1.82, 2.24) is 4.90 Å².